The lowest BCUT2D eigenvalue weighted by Gasteiger charge is -2.31. The maximum absolute atomic E-state index is 12.6. The van der Waals surface area contributed by atoms with E-state index >= 15 is 0 Å². The number of hydrogen-bond donors (Lipinski definition) is 0. The number of rotatable bonds is 5. The molecule has 0 bridgehead atoms. The second kappa shape index (κ2) is 7.96. The van der Waals surface area contributed by atoms with Crippen LogP contribution in [-0.4, -0.2) is 50.6 Å². The van der Waals surface area contributed by atoms with Crippen LogP contribution in [0.2, 0.25) is 0 Å². The van der Waals surface area contributed by atoms with Crippen LogP contribution in [0.4, 0.5) is 0 Å². The quantitative estimate of drug-likeness (QED) is 0.726. The van der Waals surface area contributed by atoms with Crippen molar-refractivity contribution < 1.29 is 27.2 Å². The largest absolute Gasteiger partial charge is 0.468 e. The summed E-state index contributed by atoms with van der Waals surface area (Å²) in [5.41, 5.74) is 0.830. The first-order valence-corrected chi connectivity index (χ1v) is 10.3. The summed E-state index contributed by atoms with van der Waals surface area (Å²) in [5, 5.41) is -0.478. The lowest BCUT2D eigenvalue weighted by molar-refractivity contribution is 0.0599. The Hall–Kier alpha value is -2.61. The fourth-order valence-electron chi connectivity index (χ4n) is 3.18. The Morgan fingerprint density at radius 1 is 1.11 bits per heavy atom. The van der Waals surface area contributed by atoms with E-state index in [0.717, 1.165) is 0 Å². The number of hydrogen-bond acceptors (Lipinski definition) is 6. The van der Waals surface area contributed by atoms with Crippen molar-refractivity contribution in [1.82, 2.24) is 4.90 Å². The van der Waals surface area contributed by atoms with Gasteiger partial charge in [0.25, 0.3) is 5.91 Å². The van der Waals surface area contributed by atoms with Gasteiger partial charge in [0.15, 0.2) is 9.84 Å². The molecule has 0 saturated carbocycles. The van der Waals surface area contributed by atoms with E-state index in [-0.39, 0.29) is 11.7 Å². The van der Waals surface area contributed by atoms with Crippen molar-refractivity contribution in [3.63, 3.8) is 0 Å². The van der Waals surface area contributed by atoms with E-state index in [1.165, 1.54) is 13.4 Å². The Balaban J connectivity index is 1.60. The summed E-state index contributed by atoms with van der Waals surface area (Å²) in [6.45, 7) is 0.749. The molecule has 27 heavy (non-hydrogen) atoms. The van der Waals surface area contributed by atoms with E-state index < -0.39 is 21.1 Å². The number of esters is 1. The molecular weight excluding hydrogens is 370 g/mol. The summed E-state index contributed by atoms with van der Waals surface area (Å²) in [4.78, 5) is 25.7. The minimum atomic E-state index is -3.32. The number of furan rings is 1. The van der Waals surface area contributed by atoms with Gasteiger partial charge in [-0.3, -0.25) is 4.79 Å². The number of likely N-dealkylation sites (tertiary alicyclic amines) is 1. The highest BCUT2D eigenvalue weighted by Gasteiger charge is 2.32. The lowest BCUT2D eigenvalue weighted by atomic mass is 10.1. The Kier molecular flexibility index (Phi) is 5.65. The van der Waals surface area contributed by atoms with Crippen molar-refractivity contribution in [2.24, 2.45) is 0 Å². The number of nitrogens with zero attached hydrogens (tertiary/aromatic N) is 1. The summed E-state index contributed by atoms with van der Waals surface area (Å²) in [6.07, 6.45) is 2.25. The number of sulfone groups is 1. The second-order valence-electron chi connectivity index (χ2n) is 6.45. The van der Waals surface area contributed by atoms with Crippen LogP contribution in [0.1, 0.15) is 39.3 Å². The molecule has 0 radical (unpaired) electrons. The Morgan fingerprint density at radius 2 is 1.74 bits per heavy atom. The van der Waals surface area contributed by atoms with Crippen LogP contribution in [-0.2, 0) is 20.3 Å². The molecule has 1 aromatic carbocycles. The lowest BCUT2D eigenvalue weighted by Crippen LogP contribution is -2.42. The van der Waals surface area contributed by atoms with Gasteiger partial charge in [0.1, 0.15) is 11.5 Å². The molecule has 0 spiro atoms. The summed E-state index contributed by atoms with van der Waals surface area (Å²) >= 11 is 0. The maximum atomic E-state index is 12.6. The topological polar surface area (TPSA) is 93.9 Å². The van der Waals surface area contributed by atoms with Crippen LogP contribution in [0, 0.1) is 0 Å². The normalized spacial score (nSPS) is 15.5. The zero-order valence-electron chi connectivity index (χ0n) is 15.0. The van der Waals surface area contributed by atoms with Gasteiger partial charge in [0.2, 0.25) is 0 Å². The number of piperidine rings is 1. The molecule has 0 aliphatic carbocycles. The van der Waals surface area contributed by atoms with Gasteiger partial charge in [0, 0.05) is 18.7 Å². The average molecular weight is 391 g/mol. The molecule has 144 valence electrons. The Labute approximate surface area is 157 Å². The molecule has 3 rings (SSSR count). The molecule has 1 saturated heterocycles. The van der Waals surface area contributed by atoms with Crippen molar-refractivity contribution in [2.75, 3.05) is 20.2 Å². The molecule has 2 heterocycles. The third-order valence-corrected chi connectivity index (χ3v) is 6.89. The van der Waals surface area contributed by atoms with E-state index in [1.807, 2.05) is 0 Å². The SMILES string of the molecule is COC(=O)c1ccc(C(=O)N2CCC(S(=O)(=O)Cc3ccco3)CC2)cc1. The fraction of sp³-hybridized carbons (Fsp3) is 0.368. The molecule has 1 aromatic heterocycles. The van der Waals surface area contributed by atoms with Gasteiger partial charge in [-0.15, -0.1) is 0 Å². The minimum absolute atomic E-state index is 0.117. The fourth-order valence-corrected chi connectivity index (χ4v) is 4.90. The summed E-state index contributed by atoms with van der Waals surface area (Å²) in [7, 11) is -2.02. The van der Waals surface area contributed by atoms with Crippen LogP contribution in [0.25, 0.3) is 0 Å². The molecule has 1 fully saturated rings. The number of ether oxygens (including phenoxy) is 1. The van der Waals surface area contributed by atoms with Crippen molar-refractivity contribution in [2.45, 2.75) is 23.8 Å². The number of methoxy groups -OCH3 is 1. The van der Waals surface area contributed by atoms with E-state index in [0.29, 0.717) is 42.8 Å². The van der Waals surface area contributed by atoms with E-state index in [9.17, 15) is 18.0 Å². The Bertz CT molecular complexity index is 894. The van der Waals surface area contributed by atoms with Gasteiger partial charge in [-0.1, -0.05) is 0 Å². The predicted molar refractivity (Wildman–Crippen MR) is 98.0 cm³/mol. The standard InChI is InChI=1S/C19H21NO6S/c1-25-19(22)15-6-4-14(5-7-15)18(21)20-10-8-17(9-11-20)27(23,24)13-16-3-2-12-26-16/h2-7,12,17H,8-11,13H2,1H3. The molecule has 1 amide bonds. The van der Waals surface area contributed by atoms with Crippen LogP contribution in [0.3, 0.4) is 0 Å². The van der Waals surface area contributed by atoms with Crippen molar-refractivity contribution in [3.05, 3.63) is 59.5 Å². The molecule has 0 atom stereocenters. The van der Waals surface area contributed by atoms with Crippen LogP contribution in [0.5, 0.6) is 0 Å². The van der Waals surface area contributed by atoms with Crippen molar-refractivity contribution >= 4 is 21.7 Å². The molecule has 7 nitrogen and oxygen atoms in total. The first-order valence-electron chi connectivity index (χ1n) is 8.62. The van der Waals surface area contributed by atoms with Gasteiger partial charge in [-0.25, -0.2) is 13.2 Å². The summed E-state index contributed by atoms with van der Waals surface area (Å²) in [5.74, 6) is -0.322. The van der Waals surface area contributed by atoms with Crippen LogP contribution < -0.4 is 0 Å². The smallest absolute Gasteiger partial charge is 0.337 e. The summed E-state index contributed by atoms with van der Waals surface area (Å²) < 4.78 is 34.8. The zero-order valence-corrected chi connectivity index (χ0v) is 15.8. The Morgan fingerprint density at radius 3 is 2.30 bits per heavy atom. The number of benzene rings is 1. The molecule has 1 aliphatic heterocycles. The third-order valence-electron chi connectivity index (χ3n) is 4.71. The van der Waals surface area contributed by atoms with Gasteiger partial charge in [0.05, 0.1) is 24.2 Å². The van der Waals surface area contributed by atoms with Crippen LogP contribution in [0.15, 0.2) is 47.1 Å². The molecule has 8 heteroatoms. The third kappa shape index (κ3) is 4.39. The highest BCUT2D eigenvalue weighted by molar-refractivity contribution is 7.91. The maximum Gasteiger partial charge on any atom is 0.337 e. The van der Waals surface area contributed by atoms with E-state index in [2.05, 4.69) is 4.74 Å². The molecule has 2 aromatic rings. The second-order valence-corrected chi connectivity index (χ2v) is 8.73. The first kappa shape index (κ1) is 19.2. The monoisotopic (exact) mass is 391 g/mol. The molecule has 1 aliphatic rings. The molecule has 0 unspecified atom stereocenters. The number of amides is 1. The highest BCUT2D eigenvalue weighted by Crippen LogP contribution is 2.23. The van der Waals surface area contributed by atoms with Crippen LogP contribution >= 0.6 is 0 Å². The van der Waals surface area contributed by atoms with E-state index in [1.54, 1.807) is 41.3 Å². The van der Waals surface area contributed by atoms with E-state index in [4.69, 9.17) is 4.42 Å². The molecule has 0 N–H and O–H groups in total. The van der Waals surface area contributed by atoms with Gasteiger partial charge in [-0.05, 0) is 49.2 Å². The van der Waals surface area contributed by atoms with Crippen molar-refractivity contribution in [1.29, 1.82) is 0 Å². The average Bonchev–Trinajstić information content (AvgIpc) is 3.19. The zero-order chi connectivity index (χ0) is 19.4. The van der Waals surface area contributed by atoms with Gasteiger partial charge < -0.3 is 14.1 Å². The minimum Gasteiger partial charge on any atom is -0.468 e. The highest BCUT2D eigenvalue weighted by atomic mass is 32.2. The summed E-state index contributed by atoms with van der Waals surface area (Å²) in [6, 6.07) is 9.55. The number of carbonyl (C=O) groups is 2. The first-order chi connectivity index (χ1) is 12.9. The van der Waals surface area contributed by atoms with Crippen molar-refractivity contribution in [3.8, 4) is 0 Å². The molecular formula is C19H21NO6S. The van der Waals surface area contributed by atoms with Gasteiger partial charge in [-0.2, -0.15) is 0 Å². The number of carbonyl (C=O) groups excluding carboxylic acids is 2. The predicted octanol–water partition coefficient (Wildman–Crippen LogP) is 2.29. The van der Waals surface area contributed by atoms with Gasteiger partial charge >= 0.3 is 5.97 Å².